The van der Waals surface area contributed by atoms with E-state index >= 15 is 0 Å². The summed E-state index contributed by atoms with van der Waals surface area (Å²) < 4.78 is 5.11. The summed E-state index contributed by atoms with van der Waals surface area (Å²) in [6.45, 7) is 0. The van der Waals surface area contributed by atoms with Crippen molar-refractivity contribution in [2.45, 2.75) is 6.42 Å². The first-order chi connectivity index (χ1) is 7.60. The van der Waals surface area contributed by atoms with Gasteiger partial charge in [-0.1, -0.05) is 0 Å². The number of methoxy groups -OCH3 is 1. The van der Waals surface area contributed by atoms with Crippen LogP contribution in [0.4, 0.5) is 0 Å². The highest BCUT2D eigenvalue weighted by atomic mass is 16.5. The van der Waals surface area contributed by atoms with Gasteiger partial charge in [-0.2, -0.15) is 0 Å². The Balaban J connectivity index is 3.10. The lowest BCUT2D eigenvalue weighted by Crippen LogP contribution is -2.21. The van der Waals surface area contributed by atoms with Crippen LogP contribution in [0.3, 0.4) is 0 Å². The van der Waals surface area contributed by atoms with Gasteiger partial charge in [-0.15, -0.1) is 0 Å². The maximum absolute atomic E-state index is 11.7. The van der Waals surface area contributed by atoms with Crippen LogP contribution in [-0.2, 0) is 11.2 Å². The summed E-state index contributed by atoms with van der Waals surface area (Å²) in [6.07, 6.45) is 1.04. The number of carbonyl (C=O) groups is 2. The Morgan fingerprint density at radius 1 is 1.44 bits per heavy atom. The molecule has 4 heteroatoms. The molecule has 0 atom stereocenters. The van der Waals surface area contributed by atoms with Gasteiger partial charge in [0.05, 0.1) is 7.11 Å². The van der Waals surface area contributed by atoms with E-state index in [1.54, 1.807) is 32.3 Å². The third-order valence-electron chi connectivity index (χ3n) is 2.24. The minimum atomic E-state index is -0.0881. The predicted molar refractivity (Wildman–Crippen MR) is 60.8 cm³/mol. The Morgan fingerprint density at radius 2 is 2.12 bits per heavy atom. The molecule has 0 aliphatic carbocycles. The fraction of sp³-hybridized carbons (Fsp3) is 0.333. The molecule has 4 nitrogen and oxygen atoms in total. The molecular weight excluding hydrogens is 206 g/mol. The number of aldehydes is 1. The minimum absolute atomic E-state index is 0.0881. The van der Waals surface area contributed by atoms with Crippen LogP contribution in [-0.4, -0.2) is 38.3 Å². The highest BCUT2D eigenvalue weighted by Gasteiger charge is 2.11. The summed E-state index contributed by atoms with van der Waals surface area (Å²) in [5.74, 6) is 0.539. The molecule has 0 spiro atoms. The van der Waals surface area contributed by atoms with Gasteiger partial charge >= 0.3 is 0 Å². The zero-order valence-corrected chi connectivity index (χ0v) is 9.69. The molecule has 0 aliphatic rings. The van der Waals surface area contributed by atoms with Gasteiger partial charge in [0, 0.05) is 31.6 Å². The Labute approximate surface area is 94.8 Å². The van der Waals surface area contributed by atoms with E-state index in [4.69, 9.17) is 4.74 Å². The Bertz CT molecular complexity index is 399. The minimum Gasteiger partial charge on any atom is -0.496 e. The lowest BCUT2D eigenvalue weighted by molar-refractivity contribution is -0.107. The van der Waals surface area contributed by atoms with E-state index in [1.807, 2.05) is 0 Å². The number of ether oxygens (including phenoxy) is 1. The summed E-state index contributed by atoms with van der Waals surface area (Å²) in [5.41, 5.74) is 1.29. The lowest BCUT2D eigenvalue weighted by atomic mass is 10.1. The van der Waals surface area contributed by atoms with Crippen LogP contribution in [0.2, 0.25) is 0 Å². The summed E-state index contributed by atoms with van der Waals surface area (Å²) in [6, 6.07) is 5.08. The van der Waals surface area contributed by atoms with Crippen LogP contribution in [0.15, 0.2) is 18.2 Å². The molecule has 0 bridgehead atoms. The fourth-order valence-corrected chi connectivity index (χ4v) is 1.42. The van der Waals surface area contributed by atoms with Crippen LogP contribution in [0.1, 0.15) is 15.9 Å². The van der Waals surface area contributed by atoms with E-state index in [0.717, 1.165) is 11.8 Å². The number of rotatable bonds is 4. The van der Waals surface area contributed by atoms with Crippen molar-refractivity contribution in [2.75, 3.05) is 21.2 Å². The molecule has 0 aliphatic heterocycles. The second-order valence-electron chi connectivity index (χ2n) is 3.60. The normalized spacial score (nSPS) is 9.69. The number of benzene rings is 1. The third-order valence-corrected chi connectivity index (χ3v) is 2.24. The first kappa shape index (κ1) is 12.2. The van der Waals surface area contributed by atoms with Gasteiger partial charge in [0.1, 0.15) is 12.0 Å². The highest BCUT2D eigenvalue weighted by molar-refractivity contribution is 5.94. The molecule has 0 N–H and O–H groups in total. The second-order valence-corrected chi connectivity index (χ2v) is 3.60. The zero-order chi connectivity index (χ0) is 12.1. The van der Waals surface area contributed by atoms with Crippen molar-refractivity contribution in [1.29, 1.82) is 0 Å². The van der Waals surface area contributed by atoms with Gasteiger partial charge in [-0.05, 0) is 18.2 Å². The van der Waals surface area contributed by atoms with Crippen LogP contribution in [0.5, 0.6) is 5.75 Å². The van der Waals surface area contributed by atoms with Crippen LogP contribution in [0, 0.1) is 0 Å². The van der Waals surface area contributed by atoms with Crippen molar-refractivity contribution >= 4 is 12.2 Å². The maximum atomic E-state index is 11.7. The summed E-state index contributed by atoms with van der Waals surface area (Å²) in [7, 11) is 4.91. The number of nitrogens with zero attached hydrogens (tertiary/aromatic N) is 1. The van der Waals surface area contributed by atoms with Crippen molar-refractivity contribution in [2.24, 2.45) is 0 Å². The molecule has 0 aromatic heterocycles. The molecule has 1 aromatic carbocycles. The number of carbonyl (C=O) groups excluding carboxylic acids is 2. The van der Waals surface area contributed by atoms with Gasteiger partial charge < -0.3 is 14.4 Å². The van der Waals surface area contributed by atoms with Crippen molar-refractivity contribution in [3.05, 3.63) is 29.3 Å². The number of hydrogen-bond acceptors (Lipinski definition) is 3. The first-order valence-corrected chi connectivity index (χ1v) is 4.92. The van der Waals surface area contributed by atoms with E-state index in [1.165, 1.54) is 12.0 Å². The molecule has 16 heavy (non-hydrogen) atoms. The van der Waals surface area contributed by atoms with Crippen LogP contribution >= 0.6 is 0 Å². The predicted octanol–water partition coefficient (Wildman–Crippen LogP) is 1.14. The van der Waals surface area contributed by atoms with E-state index in [2.05, 4.69) is 0 Å². The molecule has 86 valence electrons. The smallest absolute Gasteiger partial charge is 0.253 e. The molecular formula is C12H15NO3. The molecule has 0 radical (unpaired) electrons. The first-order valence-electron chi connectivity index (χ1n) is 4.92. The van der Waals surface area contributed by atoms with Gasteiger partial charge in [0.15, 0.2) is 0 Å². The topological polar surface area (TPSA) is 46.6 Å². The summed E-state index contributed by atoms with van der Waals surface area (Å²) in [5, 5.41) is 0. The maximum Gasteiger partial charge on any atom is 0.253 e. The van der Waals surface area contributed by atoms with E-state index < -0.39 is 0 Å². The molecule has 1 aromatic rings. The van der Waals surface area contributed by atoms with Crippen molar-refractivity contribution in [1.82, 2.24) is 4.90 Å². The Hall–Kier alpha value is -1.84. The summed E-state index contributed by atoms with van der Waals surface area (Å²) >= 11 is 0. The number of amides is 1. The molecule has 0 saturated heterocycles. The highest BCUT2D eigenvalue weighted by Crippen LogP contribution is 2.20. The Kier molecular flexibility index (Phi) is 4.05. The van der Waals surface area contributed by atoms with E-state index in [-0.39, 0.29) is 12.3 Å². The molecule has 1 rings (SSSR count). The SMILES string of the molecule is COc1ccc(C(=O)N(C)C)cc1CC=O. The van der Waals surface area contributed by atoms with Gasteiger partial charge in [-0.3, -0.25) is 4.79 Å². The third kappa shape index (κ3) is 2.59. The molecule has 0 fully saturated rings. The van der Waals surface area contributed by atoms with Gasteiger partial charge in [-0.25, -0.2) is 0 Å². The summed E-state index contributed by atoms with van der Waals surface area (Å²) in [4.78, 5) is 23.7. The second kappa shape index (κ2) is 5.30. The van der Waals surface area contributed by atoms with Gasteiger partial charge in [0.2, 0.25) is 0 Å². The van der Waals surface area contributed by atoms with Crippen molar-refractivity contribution < 1.29 is 14.3 Å². The van der Waals surface area contributed by atoms with E-state index in [9.17, 15) is 9.59 Å². The average Bonchev–Trinajstić information content (AvgIpc) is 2.28. The Morgan fingerprint density at radius 3 is 2.62 bits per heavy atom. The molecule has 0 heterocycles. The van der Waals surface area contributed by atoms with Crippen LogP contribution < -0.4 is 4.74 Å². The zero-order valence-electron chi connectivity index (χ0n) is 9.69. The monoisotopic (exact) mass is 221 g/mol. The van der Waals surface area contributed by atoms with Crippen molar-refractivity contribution in [3.8, 4) is 5.75 Å². The van der Waals surface area contributed by atoms with Crippen molar-refractivity contribution in [3.63, 3.8) is 0 Å². The largest absolute Gasteiger partial charge is 0.496 e. The molecule has 0 saturated carbocycles. The quantitative estimate of drug-likeness (QED) is 0.716. The number of hydrogen-bond donors (Lipinski definition) is 0. The van der Waals surface area contributed by atoms with E-state index in [0.29, 0.717) is 11.3 Å². The average molecular weight is 221 g/mol. The van der Waals surface area contributed by atoms with Gasteiger partial charge in [0.25, 0.3) is 5.91 Å². The lowest BCUT2D eigenvalue weighted by Gasteiger charge is -2.12. The molecule has 0 unspecified atom stereocenters. The standard InChI is InChI=1S/C12H15NO3/c1-13(2)12(15)10-4-5-11(16-3)9(8-10)6-7-14/h4-5,7-8H,6H2,1-3H3. The van der Waals surface area contributed by atoms with Crippen LogP contribution in [0.25, 0.3) is 0 Å². The fourth-order valence-electron chi connectivity index (χ4n) is 1.42. The molecule has 1 amide bonds.